The van der Waals surface area contributed by atoms with E-state index in [9.17, 15) is 14.7 Å². The SMILES string of the molecule is CCCCC(C)(C)C(O)C=C[C@H]1CCC(=O)[C@H]1CCC=CCCC(=O)O. The van der Waals surface area contributed by atoms with Crippen molar-refractivity contribution in [2.45, 2.75) is 84.7 Å². The summed E-state index contributed by atoms with van der Waals surface area (Å²) in [5.41, 5.74) is -0.141. The highest BCUT2D eigenvalue weighted by Gasteiger charge is 2.33. The molecule has 26 heavy (non-hydrogen) atoms. The van der Waals surface area contributed by atoms with Gasteiger partial charge in [-0.1, -0.05) is 57.9 Å². The summed E-state index contributed by atoms with van der Waals surface area (Å²) in [4.78, 5) is 22.7. The van der Waals surface area contributed by atoms with E-state index < -0.39 is 12.1 Å². The van der Waals surface area contributed by atoms with Gasteiger partial charge in [0.15, 0.2) is 0 Å². The molecular weight excluding hydrogens is 328 g/mol. The molecule has 148 valence electrons. The molecule has 2 N–H and O–H groups in total. The van der Waals surface area contributed by atoms with E-state index in [1.807, 2.05) is 18.2 Å². The average molecular weight is 365 g/mol. The van der Waals surface area contributed by atoms with Gasteiger partial charge < -0.3 is 10.2 Å². The Morgan fingerprint density at radius 2 is 2.00 bits per heavy atom. The molecule has 1 aliphatic rings. The highest BCUT2D eigenvalue weighted by atomic mass is 16.4. The van der Waals surface area contributed by atoms with E-state index >= 15 is 0 Å². The van der Waals surface area contributed by atoms with Crippen molar-refractivity contribution in [3.05, 3.63) is 24.3 Å². The maximum atomic E-state index is 12.2. The number of hydrogen-bond acceptors (Lipinski definition) is 3. The van der Waals surface area contributed by atoms with E-state index in [0.29, 0.717) is 18.6 Å². The summed E-state index contributed by atoms with van der Waals surface area (Å²) >= 11 is 0. The van der Waals surface area contributed by atoms with Gasteiger partial charge in [0.05, 0.1) is 6.10 Å². The Morgan fingerprint density at radius 3 is 2.65 bits per heavy atom. The lowest BCUT2D eigenvalue weighted by atomic mass is 9.80. The summed E-state index contributed by atoms with van der Waals surface area (Å²) in [5.74, 6) is -0.225. The fraction of sp³-hybridized carbons (Fsp3) is 0.727. The number of carboxylic acid groups (broad SMARTS) is 1. The lowest BCUT2D eigenvalue weighted by molar-refractivity contribution is -0.136. The van der Waals surface area contributed by atoms with Crippen LogP contribution in [0.1, 0.15) is 78.6 Å². The predicted octanol–water partition coefficient (Wildman–Crippen LogP) is 4.92. The van der Waals surface area contributed by atoms with Crippen LogP contribution in [0.3, 0.4) is 0 Å². The molecule has 0 radical (unpaired) electrons. The van der Waals surface area contributed by atoms with Gasteiger partial charge in [-0.15, -0.1) is 0 Å². The van der Waals surface area contributed by atoms with Crippen molar-refractivity contribution in [3.63, 3.8) is 0 Å². The molecule has 1 unspecified atom stereocenters. The van der Waals surface area contributed by atoms with Gasteiger partial charge in [-0.3, -0.25) is 9.59 Å². The standard InChI is InChI=1S/C22H36O4/c1-4-5-16-22(2,3)20(24)15-13-17-12-14-19(23)18(17)10-8-6-7-9-11-21(25)26/h6-7,13,15,17-18,20,24H,4-5,8-12,14,16H2,1-3H3,(H,25,26)/t17-,18+,20?/m1/s1. The molecule has 0 aromatic heterocycles. The van der Waals surface area contributed by atoms with Crippen LogP contribution in [0.5, 0.6) is 0 Å². The Bertz CT molecular complexity index is 504. The number of allylic oxidation sites excluding steroid dienone is 3. The Kier molecular flexibility index (Phi) is 9.85. The van der Waals surface area contributed by atoms with Crippen LogP contribution >= 0.6 is 0 Å². The van der Waals surface area contributed by atoms with E-state index in [0.717, 1.165) is 38.5 Å². The van der Waals surface area contributed by atoms with Crippen LogP contribution in [0.2, 0.25) is 0 Å². The smallest absolute Gasteiger partial charge is 0.303 e. The number of rotatable bonds is 12. The first kappa shape index (κ1) is 22.6. The fourth-order valence-electron chi connectivity index (χ4n) is 3.55. The zero-order chi connectivity index (χ0) is 19.6. The number of aliphatic hydroxyl groups excluding tert-OH is 1. The summed E-state index contributed by atoms with van der Waals surface area (Å²) in [6.45, 7) is 6.34. The second-order valence-electron chi connectivity index (χ2n) is 8.18. The quantitative estimate of drug-likeness (QED) is 0.482. The first-order valence-corrected chi connectivity index (χ1v) is 10.0. The highest BCUT2D eigenvalue weighted by molar-refractivity contribution is 5.83. The van der Waals surface area contributed by atoms with Gasteiger partial charge >= 0.3 is 5.97 Å². The zero-order valence-corrected chi connectivity index (χ0v) is 16.6. The number of carbonyl (C=O) groups excluding carboxylic acids is 1. The van der Waals surface area contributed by atoms with Crippen molar-refractivity contribution in [2.24, 2.45) is 17.3 Å². The Labute approximate surface area is 158 Å². The van der Waals surface area contributed by atoms with Crippen LogP contribution < -0.4 is 0 Å². The summed E-state index contributed by atoms with van der Waals surface area (Å²) in [6.07, 6.45) is 14.3. The molecule has 0 aromatic rings. The Morgan fingerprint density at radius 1 is 1.31 bits per heavy atom. The fourth-order valence-corrected chi connectivity index (χ4v) is 3.55. The third-order valence-electron chi connectivity index (χ3n) is 5.51. The molecule has 1 fully saturated rings. The number of Topliss-reactive ketones (excluding diaryl/α,β-unsaturated/α-hetero) is 1. The number of hydrogen-bond donors (Lipinski definition) is 2. The van der Waals surface area contributed by atoms with E-state index in [-0.39, 0.29) is 23.7 Å². The van der Waals surface area contributed by atoms with Gasteiger partial charge in [0.1, 0.15) is 5.78 Å². The first-order chi connectivity index (χ1) is 12.3. The third kappa shape index (κ3) is 7.86. The molecule has 0 aliphatic heterocycles. The number of carbonyl (C=O) groups is 2. The average Bonchev–Trinajstić information content (AvgIpc) is 2.93. The normalized spacial score (nSPS) is 22.5. The number of aliphatic hydroxyl groups is 1. The van der Waals surface area contributed by atoms with Crippen molar-refractivity contribution < 1.29 is 19.8 Å². The van der Waals surface area contributed by atoms with E-state index in [4.69, 9.17) is 5.11 Å². The molecule has 0 spiro atoms. The molecule has 1 rings (SSSR count). The molecule has 0 heterocycles. The molecule has 3 atom stereocenters. The minimum absolute atomic E-state index is 0.0290. The molecule has 4 nitrogen and oxygen atoms in total. The largest absolute Gasteiger partial charge is 0.481 e. The molecule has 0 aromatic carbocycles. The zero-order valence-electron chi connectivity index (χ0n) is 16.6. The summed E-state index contributed by atoms with van der Waals surface area (Å²) in [7, 11) is 0. The summed E-state index contributed by atoms with van der Waals surface area (Å²) in [5, 5.41) is 19.1. The molecular formula is C22H36O4. The monoisotopic (exact) mass is 364 g/mol. The molecule has 4 heteroatoms. The van der Waals surface area contributed by atoms with E-state index in [1.54, 1.807) is 0 Å². The second kappa shape index (κ2) is 11.3. The van der Waals surface area contributed by atoms with Gasteiger partial charge in [-0.2, -0.15) is 0 Å². The van der Waals surface area contributed by atoms with Crippen molar-refractivity contribution in [1.82, 2.24) is 0 Å². The van der Waals surface area contributed by atoms with Gasteiger partial charge in [-0.25, -0.2) is 0 Å². The summed E-state index contributed by atoms with van der Waals surface area (Å²) in [6, 6.07) is 0. The predicted molar refractivity (Wildman–Crippen MR) is 105 cm³/mol. The Hall–Kier alpha value is -1.42. The van der Waals surface area contributed by atoms with Crippen LogP contribution in [0.25, 0.3) is 0 Å². The minimum atomic E-state index is -0.786. The second-order valence-corrected chi connectivity index (χ2v) is 8.18. The molecule has 1 saturated carbocycles. The van der Waals surface area contributed by atoms with Crippen molar-refractivity contribution in [2.75, 3.05) is 0 Å². The van der Waals surface area contributed by atoms with Crippen LogP contribution in [0.15, 0.2) is 24.3 Å². The Balaban J connectivity index is 2.51. The molecule has 1 aliphatic carbocycles. The maximum absolute atomic E-state index is 12.2. The maximum Gasteiger partial charge on any atom is 0.303 e. The minimum Gasteiger partial charge on any atom is -0.481 e. The van der Waals surface area contributed by atoms with Crippen LogP contribution in [-0.2, 0) is 9.59 Å². The summed E-state index contributed by atoms with van der Waals surface area (Å²) < 4.78 is 0. The van der Waals surface area contributed by atoms with Gasteiger partial charge in [0, 0.05) is 18.8 Å². The van der Waals surface area contributed by atoms with Crippen molar-refractivity contribution in [1.29, 1.82) is 0 Å². The molecule has 0 amide bonds. The number of unbranched alkanes of at least 4 members (excludes halogenated alkanes) is 1. The van der Waals surface area contributed by atoms with Crippen LogP contribution in [0, 0.1) is 17.3 Å². The molecule has 0 bridgehead atoms. The lowest BCUT2D eigenvalue weighted by Crippen LogP contribution is -2.27. The van der Waals surface area contributed by atoms with Crippen molar-refractivity contribution >= 4 is 11.8 Å². The van der Waals surface area contributed by atoms with Gasteiger partial charge in [0.2, 0.25) is 0 Å². The van der Waals surface area contributed by atoms with Crippen LogP contribution in [-0.4, -0.2) is 28.1 Å². The van der Waals surface area contributed by atoms with Gasteiger partial charge in [-0.05, 0) is 43.4 Å². The van der Waals surface area contributed by atoms with Crippen molar-refractivity contribution in [3.8, 4) is 0 Å². The van der Waals surface area contributed by atoms with Gasteiger partial charge in [0.25, 0.3) is 0 Å². The number of carboxylic acids is 1. The third-order valence-corrected chi connectivity index (χ3v) is 5.51. The topological polar surface area (TPSA) is 74.6 Å². The van der Waals surface area contributed by atoms with E-state index in [2.05, 4.69) is 26.8 Å². The molecule has 0 saturated heterocycles. The first-order valence-electron chi connectivity index (χ1n) is 10.0. The number of aliphatic carboxylic acids is 1. The number of ketones is 1. The van der Waals surface area contributed by atoms with E-state index in [1.165, 1.54) is 0 Å². The lowest BCUT2D eigenvalue weighted by Gasteiger charge is -2.29. The van der Waals surface area contributed by atoms with Crippen LogP contribution in [0.4, 0.5) is 0 Å². The highest BCUT2D eigenvalue weighted by Crippen LogP contribution is 2.35.